The quantitative estimate of drug-likeness (QED) is 0.390. The van der Waals surface area contributed by atoms with E-state index < -0.39 is 22.5 Å². The third-order valence-electron chi connectivity index (χ3n) is 5.16. The molecule has 13 heteroatoms. The van der Waals surface area contributed by atoms with E-state index in [-0.39, 0.29) is 34.2 Å². The van der Waals surface area contributed by atoms with Crippen LogP contribution in [-0.2, 0) is 0 Å². The number of carbonyl (C=O) groups is 1. The second-order valence-corrected chi connectivity index (χ2v) is 8.65. The maximum Gasteiger partial charge on any atom is 0.270 e. The third-order valence-corrected chi connectivity index (χ3v) is 6.56. The summed E-state index contributed by atoms with van der Waals surface area (Å²) in [6.07, 6.45) is 0. The molecule has 1 aliphatic heterocycles. The average Bonchev–Trinajstić information content (AvgIpc) is 3.18. The van der Waals surface area contributed by atoms with Crippen LogP contribution in [0.2, 0.25) is 5.02 Å². The van der Waals surface area contributed by atoms with E-state index in [2.05, 4.69) is 15.2 Å². The monoisotopic (exact) mass is 517 g/mol. The summed E-state index contributed by atoms with van der Waals surface area (Å²) in [5.41, 5.74) is 0.0367. The van der Waals surface area contributed by atoms with Crippen molar-refractivity contribution in [2.45, 2.75) is 0 Å². The van der Waals surface area contributed by atoms with Crippen LogP contribution in [0.15, 0.2) is 30.3 Å². The fourth-order valence-corrected chi connectivity index (χ4v) is 4.73. The van der Waals surface area contributed by atoms with Crippen molar-refractivity contribution in [3.63, 3.8) is 0 Å². The maximum atomic E-state index is 13.9. The lowest BCUT2D eigenvalue weighted by Gasteiger charge is -2.34. The number of fused-ring (bicyclic) bond motifs is 1. The van der Waals surface area contributed by atoms with E-state index in [1.165, 1.54) is 29.5 Å². The Hall–Kier alpha value is -2.60. The standard InChI is InChI=1S/C20H18ClF2N5O3S.ClH/c21-15-2-1-13(28(30)31)11-14(15)19(29)24-3-4-26-5-7-27(8-6-26)20-25-18-16(23)9-12(22)10-17(18)32-20;/h1-2,9-11H,3-8H2,(H,24,29);1H. The number of thiazole rings is 1. The Balaban J connectivity index is 0.00000306. The summed E-state index contributed by atoms with van der Waals surface area (Å²) in [5, 5.41) is 14.4. The van der Waals surface area contributed by atoms with E-state index in [9.17, 15) is 23.7 Å². The number of aromatic nitrogens is 1. The fraction of sp³-hybridized carbons (Fsp3) is 0.300. The molecule has 3 aromatic rings. The molecule has 1 aliphatic rings. The molecule has 0 spiro atoms. The van der Waals surface area contributed by atoms with E-state index in [0.717, 1.165) is 12.1 Å². The van der Waals surface area contributed by atoms with Crippen LogP contribution in [0.4, 0.5) is 19.6 Å². The van der Waals surface area contributed by atoms with E-state index in [0.29, 0.717) is 49.1 Å². The lowest BCUT2D eigenvalue weighted by atomic mass is 10.2. The van der Waals surface area contributed by atoms with Gasteiger partial charge in [0, 0.05) is 57.5 Å². The number of nitro benzene ring substituents is 1. The minimum atomic E-state index is -0.666. The molecule has 0 atom stereocenters. The molecule has 2 aromatic carbocycles. The number of rotatable bonds is 6. The lowest BCUT2D eigenvalue weighted by molar-refractivity contribution is -0.384. The molecule has 1 amide bonds. The Morgan fingerprint density at radius 1 is 1.21 bits per heavy atom. The second kappa shape index (κ2) is 10.6. The zero-order valence-corrected chi connectivity index (χ0v) is 19.5. The summed E-state index contributed by atoms with van der Waals surface area (Å²) in [4.78, 5) is 31.2. The second-order valence-electron chi connectivity index (χ2n) is 7.24. The van der Waals surface area contributed by atoms with Crippen LogP contribution in [-0.4, -0.2) is 60.0 Å². The number of carbonyl (C=O) groups excluding carboxylic acids is 1. The molecule has 33 heavy (non-hydrogen) atoms. The highest BCUT2D eigenvalue weighted by atomic mass is 35.5. The number of nitrogens with zero attached hydrogens (tertiary/aromatic N) is 4. The summed E-state index contributed by atoms with van der Waals surface area (Å²) in [7, 11) is 0. The Morgan fingerprint density at radius 3 is 2.64 bits per heavy atom. The number of benzene rings is 2. The summed E-state index contributed by atoms with van der Waals surface area (Å²) in [5.74, 6) is -1.76. The van der Waals surface area contributed by atoms with Crippen LogP contribution >= 0.6 is 35.3 Å². The maximum absolute atomic E-state index is 13.9. The summed E-state index contributed by atoms with van der Waals surface area (Å²) < 4.78 is 27.8. The van der Waals surface area contributed by atoms with Crippen LogP contribution in [0.1, 0.15) is 10.4 Å². The highest BCUT2D eigenvalue weighted by Crippen LogP contribution is 2.31. The van der Waals surface area contributed by atoms with Gasteiger partial charge in [0.05, 0.1) is 20.2 Å². The number of non-ortho nitro benzene ring substituents is 1. The summed E-state index contributed by atoms with van der Waals surface area (Å²) in [6, 6.07) is 5.85. The van der Waals surface area contributed by atoms with Gasteiger partial charge in [-0.25, -0.2) is 13.8 Å². The van der Waals surface area contributed by atoms with Crippen LogP contribution in [0, 0.1) is 21.7 Å². The van der Waals surface area contributed by atoms with Crippen molar-refractivity contribution in [1.29, 1.82) is 0 Å². The van der Waals surface area contributed by atoms with Gasteiger partial charge in [-0.2, -0.15) is 0 Å². The number of piperazine rings is 1. The average molecular weight is 518 g/mol. The first-order valence-corrected chi connectivity index (χ1v) is 11.0. The number of amides is 1. The zero-order valence-electron chi connectivity index (χ0n) is 17.1. The number of halogens is 4. The van der Waals surface area contributed by atoms with Crippen LogP contribution in [0.25, 0.3) is 10.2 Å². The summed E-state index contributed by atoms with van der Waals surface area (Å²) in [6.45, 7) is 3.68. The molecule has 1 N–H and O–H groups in total. The predicted octanol–water partition coefficient (Wildman–Crippen LogP) is 4.11. The van der Waals surface area contributed by atoms with Crippen molar-refractivity contribution in [3.05, 3.63) is 62.7 Å². The molecule has 0 saturated carbocycles. The van der Waals surface area contributed by atoms with Crippen LogP contribution < -0.4 is 10.2 Å². The normalized spacial score (nSPS) is 14.2. The van der Waals surface area contributed by atoms with E-state index in [1.807, 2.05) is 4.90 Å². The molecule has 0 aliphatic carbocycles. The molecular formula is C20H19Cl2F2N5O3S. The minimum Gasteiger partial charge on any atom is -0.351 e. The molecule has 176 valence electrons. The van der Waals surface area contributed by atoms with Gasteiger partial charge in [-0.3, -0.25) is 19.8 Å². The van der Waals surface area contributed by atoms with Gasteiger partial charge < -0.3 is 10.2 Å². The smallest absolute Gasteiger partial charge is 0.270 e. The Kier molecular flexibility index (Phi) is 8.01. The van der Waals surface area contributed by atoms with E-state index in [4.69, 9.17) is 11.6 Å². The first-order chi connectivity index (χ1) is 15.3. The molecule has 8 nitrogen and oxygen atoms in total. The SMILES string of the molecule is Cl.O=C(NCCN1CCN(c2nc3c(F)cc(F)cc3s2)CC1)c1cc([N+](=O)[O-])ccc1Cl. The molecule has 4 rings (SSSR count). The summed E-state index contributed by atoms with van der Waals surface area (Å²) >= 11 is 7.25. The van der Waals surface area contributed by atoms with E-state index >= 15 is 0 Å². The molecule has 1 fully saturated rings. The van der Waals surface area contributed by atoms with Gasteiger partial charge >= 0.3 is 0 Å². The number of nitro groups is 1. The van der Waals surface area contributed by atoms with Gasteiger partial charge in [0.1, 0.15) is 11.3 Å². The number of nitrogens with one attached hydrogen (secondary N) is 1. The fourth-order valence-electron chi connectivity index (χ4n) is 3.47. The van der Waals surface area contributed by atoms with Gasteiger partial charge in [-0.15, -0.1) is 12.4 Å². The Morgan fingerprint density at radius 2 is 1.94 bits per heavy atom. The molecular weight excluding hydrogens is 499 g/mol. The van der Waals surface area contributed by atoms with Crippen LogP contribution in [0.3, 0.4) is 0 Å². The number of anilines is 1. The van der Waals surface area contributed by atoms with Gasteiger partial charge in [0.25, 0.3) is 11.6 Å². The predicted molar refractivity (Wildman–Crippen MR) is 126 cm³/mol. The molecule has 0 bridgehead atoms. The van der Waals surface area contributed by atoms with Crippen molar-refractivity contribution < 1.29 is 18.5 Å². The Labute approximate surface area is 202 Å². The van der Waals surface area contributed by atoms with Crippen LogP contribution in [0.5, 0.6) is 0 Å². The van der Waals surface area contributed by atoms with E-state index in [1.54, 1.807) is 0 Å². The topological polar surface area (TPSA) is 91.6 Å². The minimum absolute atomic E-state index is 0. The lowest BCUT2D eigenvalue weighted by Crippen LogP contribution is -2.48. The van der Waals surface area contributed by atoms with Gasteiger partial charge in [-0.1, -0.05) is 22.9 Å². The first-order valence-electron chi connectivity index (χ1n) is 9.77. The number of hydrogen-bond acceptors (Lipinski definition) is 7. The Bertz CT molecular complexity index is 1190. The van der Waals surface area contributed by atoms with Gasteiger partial charge in [0.2, 0.25) is 0 Å². The van der Waals surface area contributed by atoms with Crippen molar-refractivity contribution in [1.82, 2.24) is 15.2 Å². The van der Waals surface area contributed by atoms with Crippen molar-refractivity contribution in [2.24, 2.45) is 0 Å². The molecule has 1 aromatic heterocycles. The highest BCUT2D eigenvalue weighted by Gasteiger charge is 2.21. The van der Waals surface area contributed by atoms with Gasteiger partial charge in [0.15, 0.2) is 10.9 Å². The molecule has 2 heterocycles. The largest absolute Gasteiger partial charge is 0.351 e. The first kappa shape index (κ1) is 25.0. The zero-order chi connectivity index (χ0) is 22.8. The van der Waals surface area contributed by atoms with Crippen molar-refractivity contribution >= 4 is 62.3 Å². The molecule has 1 saturated heterocycles. The molecule has 0 unspecified atom stereocenters. The highest BCUT2D eigenvalue weighted by molar-refractivity contribution is 7.22. The van der Waals surface area contributed by atoms with Crippen molar-refractivity contribution in [2.75, 3.05) is 44.2 Å². The molecule has 0 radical (unpaired) electrons. The van der Waals surface area contributed by atoms with Gasteiger partial charge in [-0.05, 0) is 12.1 Å². The third kappa shape index (κ3) is 5.67. The van der Waals surface area contributed by atoms with Crippen molar-refractivity contribution in [3.8, 4) is 0 Å². The number of hydrogen-bond donors (Lipinski definition) is 1.